The molecule has 0 aliphatic carbocycles. The van der Waals surface area contributed by atoms with Gasteiger partial charge in [0.2, 0.25) is 0 Å². The third kappa shape index (κ3) is 22.2. The van der Waals surface area contributed by atoms with Gasteiger partial charge >= 0.3 is 12.2 Å². The topological polar surface area (TPSA) is 83.1 Å². The zero-order chi connectivity index (χ0) is 32.1. The van der Waals surface area contributed by atoms with Crippen molar-refractivity contribution in [2.45, 2.75) is 130 Å². The number of rotatable bonds is 28. The van der Waals surface area contributed by atoms with E-state index in [1.165, 1.54) is 77.0 Å². The molecule has 0 saturated heterocycles. The summed E-state index contributed by atoms with van der Waals surface area (Å²) in [5.41, 5.74) is 1.13. The summed E-state index contributed by atoms with van der Waals surface area (Å²) in [6, 6.07) is 7.01. The van der Waals surface area contributed by atoms with Crippen LogP contribution in [0.3, 0.4) is 0 Å². The first-order valence-electron chi connectivity index (χ1n) is 17.9. The molecule has 1 rings (SSSR count). The van der Waals surface area contributed by atoms with Gasteiger partial charge in [-0.05, 0) is 96.0 Å². The van der Waals surface area contributed by atoms with Crippen molar-refractivity contribution in [3.05, 3.63) is 24.3 Å². The number of ether oxygens (including phenoxy) is 2. The maximum absolute atomic E-state index is 12.3. The van der Waals surface area contributed by atoms with Gasteiger partial charge in [-0.2, -0.15) is 0 Å². The molecule has 0 aliphatic heterocycles. The lowest BCUT2D eigenvalue weighted by molar-refractivity contribution is 0.156. The Bertz CT molecular complexity index is 775. The van der Waals surface area contributed by atoms with Crippen molar-refractivity contribution in [2.75, 3.05) is 63.1 Å². The van der Waals surface area contributed by atoms with Gasteiger partial charge in [-0.3, -0.25) is 10.6 Å². The van der Waals surface area contributed by atoms with Crippen molar-refractivity contribution in [1.29, 1.82) is 0 Å². The van der Waals surface area contributed by atoms with E-state index >= 15 is 0 Å². The van der Waals surface area contributed by atoms with E-state index in [0.717, 1.165) is 65.0 Å². The Morgan fingerprint density at radius 3 is 1.30 bits per heavy atom. The molecule has 1 aromatic rings. The van der Waals surface area contributed by atoms with Gasteiger partial charge in [0, 0.05) is 11.4 Å². The Kier molecular flexibility index (Phi) is 25.4. The summed E-state index contributed by atoms with van der Waals surface area (Å²) in [6.07, 6.45) is 18.5. The van der Waals surface area contributed by atoms with Gasteiger partial charge in [-0.25, -0.2) is 9.59 Å². The van der Waals surface area contributed by atoms with E-state index in [0.29, 0.717) is 24.6 Å². The molecule has 1 aromatic carbocycles. The number of nitrogens with one attached hydrogen (secondary N) is 2. The number of benzene rings is 1. The molecule has 0 fully saturated rings. The van der Waals surface area contributed by atoms with Crippen LogP contribution in [0.1, 0.15) is 130 Å². The number of amides is 2. The average molecular weight is 619 g/mol. The highest BCUT2D eigenvalue weighted by Crippen LogP contribution is 2.16. The van der Waals surface area contributed by atoms with Crippen LogP contribution >= 0.6 is 0 Å². The molecule has 0 atom stereocenters. The summed E-state index contributed by atoms with van der Waals surface area (Å²) in [4.78, 5) is 29.5. The predicted molar refractivity (Wildman–Crippen MR) is 186 cm³/mol. The van der Waals surface area contributed by atoms with Crippen molar-refractivity contribution < 1.29 is 19.1 Å². The number of carbonyl (C=O) groups is 2. The normalized spacial score (nSPS) is 11.2. The van der Waals surface area contributed by atoms with Gasteiger partial charge in [-0.1, -0.05) is 98.0 Å². The van der Waals surface area contributed by atoms with Crippen molar-refractivity contribution in [3.8, 4) is 0 Å². The largest absolute Gasteiger partial charge is 0.449 e. The van der Waals surface area contributed by atoms with Gasteiger partial charge in [-0.15, -0.1) is 0 Å². The molecule has 0 aliphatic rings. The summed E-state index contributed by atoms with van der Waals surface area (Å²) in [7, 11) is 0. The summed E-state index contributed by atoms with van der Waals surface area (Å²) >= 11 is 0. The molecule has 254 valence electrons. The van der Waals surface area contributed by atoms with E-state index in [4.69, 9.17) is 9.47 Å². The summed E-state index contributed by atoms with van der Waals surface area (Å²) in [5.74, 6) is 0. The van der Waals surface area contributed by atoms with Gasteiger partial charge in [0.1, 0.15) is 0 Å². The van der Waals surface area contributed by atoms with Crippen LogP contribution in [0.4, 0.5) is 21.0 Å². The predicted octanol–water partition coefficient (Wildman–Crippen LogP) is 9.71. The Morgan fingerprint density at radius 1 is 0.545 bits per heavy atom. The minimum Gasteiger partial charge on any atom is -0.449 e. The van der Waals surface area contributed by atoms with Crippen LogP contribution in [0.5, 0.6) is 0 Å². The summed E-state index contributed by atoms with van der Waals surface area (Å²) < 4.78 is 10.8. The number of hydrogen-bond acceptors (Lipinski definition) is 6. The molecule has 0 saturated carbocycles. The first-order chi connectivity index (χ1) is 21.5. The molecule has 8 heteroatoms. The molecule has 0 unspecified atom stereocenters. The molecule has 0 radical (unpaired) electrons. The van der Waals surface area contributed by atoms with Crippen LogP contribution in [0.15, 0.2) is 24.3 Å². The molecule has 44 heavy (non-hydrogen) atoms. The van der Waals surface area contributed by atoms with Crippen LogP contribution in [0.2, 0.25) is 0 Å². The standard InChI is InChI=1S/C36H66N4O4/c1-5-9-11-13-15-17-26-39(7-3)28-19-21-30-43-35(41)37-33-24-23-25-34(32-33)38-36(42)44-31-22-20-29-40(8-4)27-18-16-14-12-10-6-2/h23-25,32H,5-22,26-31H2,1-4H3,(H,37,41)(H,38,42). The quantitative estimate of drug-likeness (QED) is 0.0910. The number of carbonyl (C=O) groups excluding carboxylic acids is 2. The number of anilines is 2. The maximum Gasteiger partial charge on any atom is 0.411 e. The van der Waals surface area contributed by atoms with Gasteiger partial charge in [0.15, 0.2) is 0 Å². The zero-order valence-corrected chi connectivity index (χ0v) is 28.8. The Balaban J connectivity index is 2.17. The van der Waals surface area contributed by atoms with Crippen molar-refractivity contribution >= 4 is 23.6 Å². The number of unbranched alkanes of at least 4 members (excludes halogenated alkanes) is 12. The van der Waals surface area contributed by atoms with Gasteiger partial charge < -0.3 is 19.3 Å². The second kappa shape index (κ2) is 28.2. The van der Waals surface area contributed by atoms with Gasteiger partial charge in [0.05, 0.1) is 13.2 Å². The van der Waals surface area contributed by atoms with Crippen molar-refractivity contribution in [2.24, 2.45) is 0 Å². The molecular formula is C36H66N4O4. The molecule has 8 nitrogen and oxygen atoms in total. The lowest BCUT2D eigenvalue weighted by Crippen LogP contribution is -2.26. The van der Waals surface area contributed by atoms with E-state index in [9.17, 15) is 9.59 Å². The third-order valence-corrected chi connectivity index (χ3v) is 8.11. The minimum atomic E-state index is -0.484. The molecular weight excluding hydrogens is 552 g/mol. The van der Waals surface area contributed by atoms with E-state index in [-0.39, 0.29) is 0 Å². The van der Waals surface area contributed by atoms with E-state index in [1.807, 2.05) is 0 Å². The zero-order valence-electron chi connectivity index (χ0n) is 28.8. The Hall–Kier alpha value is -2.32. The molecule has 0 aromatic heterocycles. The third-order valence-electron chi connectivity index (χ3n) is 8.11. The van der Waals surface area contributed by atoms with Crippen LogP contribution in [0.25, 0.3) is 0 Å². The van der Waals surface area contributed by atoms with E-state index in [1.54, 1.807) is 24.3 Å². The summed E-state index contributed by atoms with van der Waals surface area (Å²) in [5, 5.41) is 5.50. The molecule has 2 amide bonds. The molecule has 0 bridgehead atoms. The average Bonchev–Trinajstić information content (AvgIpc) is 3.02. The highest BCUT2D eigenvalue weighted by Gasteiger charge is 2.08. The van der Waals surface area contributed by atoms with Crippen LogP contribution in [-0.4, -0.2) is 74.5 Å². The smallest absolute Gasteiger partial charge is 0.411 e. The van der Waals surface area contributed by atoms with Crippen molar-refractivity contribution in [1.82, 2.24) is 9.80 Å². The lowest BCUT2D eigenvalue weighted by Gasteiger charge is -2.20. The van der Waals surface area contributed by atoms with Crippen LogP contribution < -0.4 is 10.6 Å². The fourth-order valence-electron chi connectivity index (χ4n) is 5.27. The SMILES string of the molecule is CCCCCCCCN(CC)CCCCOC(=O)Nc1cccc(NC(=O)OCCCCN(CC)CCCCCCCC)c1. The minimum absolute atomic E-state index is 0.389. The second-order valence-corrected chi connectivity index (χ2v) is 11.9. The first-order valence-corrected chi connectivity index (χ1v) is 17.9. The Labute approximate surface area is 270 Å². The van der Waals surface area contributed by atoms with Crippen LogP contribution in [-0.2, 0) is 9.47 Å². The lowest BCUT2D eigenvalue weighted by atomic mass is 10.1. The molecule has 2 N–H and O–H groups in total. The molecule has 0 spiro atoms. The highest BCUT2D eigenvalue weighted by atomic mass is 16.6. The number of nitrogens with zero attached hydrogens (tertiary/aromatic N) is 2. The summed E-state index contributed by atoms with van der Waals surface area (Å²) in [6.45, 7) is 16.2. The van der Waals surface area contributed by atoms with E-state index in [2.05, 4.69) is 48.1 Å². The fraction of sp³-hybridized carbons (Fsp3) is 0.778. The fourth-order valence-corrected chi connectivity index (χ4v) is 5.27. The number of hydrogen-bond donors (Lipinski definition) is 2. The second-order valence-electron chi connectivity index (χ2n) is 11.9. The maximum atomic E-state index is 12.3. The molecule has 0 heterocycles. The first kappa shape index (κ1) is 39.7. The monoisotopic (exact) mass is 619 g/mol. The van der Waals surface area contributed by atoms with E-state index < -0.39 is 12.2 Å². The van der Waals surface area contributed by atoms with Crippen LogP contribution in [0, 0.1) is 0 Å². The Morgan fingerprint density at radius 2 is 0.909 bits per heavy atom. The highest BCUT2D eigenvalue weighted by molar-refractivity contribution is 5.88. The van der Waals surface area contributed by atoms with Crippen molar-refractivity contribution in [3.63, 3.8) is 0 Å². The van der Waals surface area contributed by atoms with Gasteiger partial charge in [0.25, 0.3) is 0 Å².